The second-order valence-corrected chi connectivity index (χ2v) is 6.75. The molecule has 0 aliphatic carbocycles. The van der Waals surface area contributed by atoms with E-state index in [1.54, 1.807) is 12.1 Å². The van der Waals surface area contributed by atoms with Gasteiger partial charge >= 0.3 is 0 Å². The molecule has 1 aliphatic rings. The average molecular weight is 378 g/mol. The smallest absolute Gasteiger partial charge is 0.269 e. The highest BCUT2D eigenvalue weighted by atomic mass is 32.1. The van der Waals surface area contributed by atoms with Gasteiger partial charge in [0.15, 0.2) is 5.11 Å². The van der Waals surface area contributed by atoms with Crippen LogP contribution in [0.2, 0.25) is 0 Å². The van der Waals surface area contributed by atoms with Crippen molar-refractivity contribution < 1.29 is 4.92 Å². The largest absolute Gasteiger partial charge is 0.348 e. The van der Waals surface area contributed by atoms with Crippen molar-refractivity contribution >= 4 is 28.7 Å². The van der Waals surface area contributed by atoms with E-state index in [-0.39, 0.29) is 16.7 Å². The zero-order valence-corrected chi connectivity index (χ0v) is 15.3. The first-order valence-electron chi connectivity index (χ1n) is 8.65. The van der Waals surface area contributed by atoms with Crippen LogP contribution in [-0.2, 0) is 6.54 Å². The van der Waals surface area contributed by atoms with Gasteiger partial charge in [-0.2, -0.15) is 0 Å². The normalized spacial score (nSPS) is 15.9. The number of para-hydroxylation sites is 1. The molecule has 1 atom stereocenters. The zero-order valence-electron chi connectivity index (χ0n) is 14.5. The average Bonchev–Trinajstić information content (AvgIpc) is 3.17. The Morgan fingerprint density at radius 2 is 1.78 bits per heavy atom. The highest BCUT2D eigenvalue weighted by molar-refractivity contribution is 7.80. The van der Waals surface area contributed by atoms with Gasteiger partial charge in [0, 0.05) is 42.8 Å². The Bertz CT molecular complexity index is 969. The molecule has 0 unspecified atom stereocenters. The van der Waals surface area contributed by atoms with Gasteiger partial charge in [0.1, 0.15) is 0 Å². The number of hydrogen-bond donors (Lipinski definition) is 1. The van der Waals surface area contributed by atoms with Crippen LogP contribution in [0.15, 0.2) is 72.9 Å². The van der Waals surface area contributed by atoms with Crippen molar-refractivity contribution in [1.29, 1.82) is 0 Å². The number of fused-ring (bicyclic) bond motifs is 1. The number of thiocarbonyl (C=S) groups is 1. The summed E-state index contributed by atoms with van der Waals surface area (Å²) in [5.41, 5.74) is 3.11. The molecule has 1 aliphatic heterocycles. The molecule has 0 saturated carbocycles. The van der Waals surface area contributed by atoms with E-state index >= 15 is 0 Å². The molecule has 4 rings (SSSR count). The molecule has 2 aromatic carbocycles. The van der Waals surface area contributed by atoms with Crippen molar-refractivity contribution in [2.75, 3.05) is 11.9 Å². The summed E-state index contributed by atoms with van der Waals surface area (Å²) >= 11 is 5.70. The van der Waals surface area contributed by atoms with Crippen LogP contribution in [-0.4, -0.2) is 26.0 Å². The number of hydrogen-bond acceptors (Lipinski definition) is 3. The van der Waals surface area contributed by atoms with E-state index < -0.39 is 0 Å². The minimum Gasteiger partial charge on any atom is -0.348 e. The van der Waals surface area contributed by atoms with Gasteiger partial charge in [-0.15, -0.1) is 0 Å². The van der Waals surface area contributed by atoms with Crippen LogP contribution in [0.5, 0.6) is 0 Å². The predicted octanol–water partition coefficient (Wildman–Crippen LogP) is 4.20. The summed E-state index contributed by atoms with van der Waals surface area (Å²) in [7, 11) is 0. The molecule has 0 fully saturated rings. The molecule has 136 valence electrons. The van der Waals surface area contributed by atoms with E-state index in [1.807, 2.05) is 48.5 Å². The van der Waals surface area contributed by atoms with Gasteiger partial charge in [0.2, 0.25) is 0 Å². The molecular formula is C20H18N4O2S. The molecule has 7 heteroatoms. The molecule has 27 heavy (non-hydrogen) atoms. The van der Waals surface area contributed by atoms with Gasteiger partial charge in [-0.1, -0.05) is 18.2 Å². The molecule has 0 radical (unpaired) electrons. The Kier molecular flexibility index (Phi) is 4.60. The number of nitro benzene ring substituents is 1. The molecule has 0 spiro atoms. The van der Waals surface area contributed by atoms with Crippen LogP contribution in [0.3, 0.4) is 0 Å². The summed E-state index contributed by atoms with van der Waals surface area (Å²) in [5, 5.41) is 14.9. The van der Waals surface area contributed by atoms with Gasteiger partial charge in [-0.3, -0.25) is 10.1 Å². The van der Waals surface area contributed by atoms with Crippen LogP contribution in [0.1, 0.15) is 17.3 Å². The van der Waals surface area contributed by atoms with Crippen molar-refractivity contribution in [1.82, 2.24) is 9.47 Å². The maximum absolute atomic E-state index is 11.0. The van der Waals surface area contributed by atoms with E-state index in [1.165, 1.54) is 0 Å². The first-order valence-corrected chi connectivity index (χ1v) is 9.06. The molecule has 0 bridgehead atoms. The topological polar surface area (TPSA) is 63.3 Å². The minimum absolute atomic E-state index is 0.0847. The predicted molar refractivity (Wildman–Crippen MR) is 109 cm³/mol. The minimum atomic E-state index is -0.382. The summed E-state index contributed by atoms with van der Waals surface area (Å²) in [6, 6.07) is 20.5. The zero-order chi connectivity index (χ0) is 18.8. The van der Waals surface area contributed by atoms with Crippen molar-refractivity contribution in [3.63, 3.8) is 0 Å². The number of rotatable bonds is 3. The van der Waals surface area contributed by atoms with E-state index in [0.717, 1.165) is 30.0 Å². The van der Waals surface area contributed by atoms with Gasteiger partial charge in [0.05, 0.1) is 11.0 Å². The van der Waals surface area contributed by atoms with E-state index in [9.17, 15) is 10.1 Å². The Morgan fingerprint density at radius 1 is 1.04 bits per heavy atom. The van der Waals surface area contributed by atoms with Gasteiger partial charge in [-0.05, 0) is 54.2 Å². The third-order valence-corrected chi connectivity index (χ3v) is 5.08. The number of nitro groups is 1. The first-order chi connectivity index (χ1) is 13.1. The van der Waals surface area contributed by atoms with Crippen molar-refractivity contribution in [2.45, 2.75) is 12.6 Å². The summed E-state index contributed by atoms with van der Waals surface area (Å²) in [6.07, 6.45) is 2.05. The van der Waals surface area contributed by atoms with Gasteiger partial charge < -0.3 is 14.8 Å². The fourth-order valence-corrected chi connectivity index (χ4v) is 3.76. The van der Waals surface area contributed by atoms with E-state index in [0.29, 0.717) is 5.11 Å². The highest BCUT2D eigenvalue weighted by Gasteiger charge is 2.30. The maximum Gasteiger partial charge on any atom is 0.269 e. The number of anilines is 1. The fraction of sp³-hybridized carbons (Fsp3) is 0.150. The summed E-state index contributed by atoms with van der Waals surface area (Å²) < 4.78 is 2.20. The number of benzene rings is 2. The fourth-order valence-electron chi connectivity index (χ4n) is 3.45. The lowest BCUT2D eigenvalue weighted by molar-refractivity contribution is -0.384. The third kappa shape index (κ3) is 3.41. The van der Waals surface area contributed by atoms with Crippen LogP contribution in [0.25, 0.3) is 0 Å². The Balaban J connectivity index is 1.67. The molecule has 6 nitrogen and oxygen atoms in total. The molecule has 1 aromatic heterocycles. The van der Waals surface area contributed by atoms with Crippen LogP contribution in [0.4, 0.5) is 11.4 Å². The standard InChI is InChI=1S/C20H18N4O2S/c25-24(26)17-10-8-15(9-11-17)19-18-7-4-12-22(18)13-14-23(19)20(27)21-16-5-2-1-3-6-16/h1-12,19H,13-14H2,(H,21,27)/t19-/m0/s1. The lowest BCUT2D eigenvalue weighted by atomic mass is 10.00. The van der Waals surface area contributed by atoms with Crippen molar-refractivity contribution in [2.24, 2.45) is 0 Å². The summed E-state index contributed by atoms with van der Waals surface area (Å²) in [6.45, 7) is 1.59. The second-order valence-electron chi connectivity index (χ2n) is 6.37. The molecule has 0 amide bonds. The summed E-state index contributed by atoms with van der Waals surface area (Å²) in [5.74, 6) is 0. The number of nitrogens with zero attached hydrogens (tertiary/aromatic N) is 3. The van der Waals surface area contributed by atoms with Crippen molar-refractivity contribution in [3.8, 4) is 0 Å². The Morgan fingerprint density at radius 3 is 2.48 bits per heavy atom. The van der Waals surface area contributed by atoms with Gasteiger partial charge in [0.25, 0.3) is 5.69 Å². The van der Waals surface area contributed by atoms with Crippen molar-refractivity contribution in [3.05, 3.63) is 94.3 Å². The lowest BCUT2D eigenvalue weighted by Crippen LogP contribution is -2.44. The molecule has 2 heterocycles. The molecule has 0 saturated heterocycles. The monoisotopic (exact) mass is 378 g/mol. The number of nitrogens with one attached hydrogen (secondary N) is 1. The lowest BCUT2D eigenvalue weighted by Gasteiger charge is -2.39. The van der Waals surface area contributed by atoms with E-state index in [4.69, 9.17) is 12.2 Å². The van der Waals surface area contributed by atoms with Crippen LogP contribution in [0, 0.1) is 10.1 Å². The van der Waals surface area contributed by atoms with Crippen LogP contribution >= 0.6 is 12.2 Å². The molecular weight excluding hydrogens is 360 g/mol. The van der Waals surface area contributed by atoms with Crippen LogP contribution < -0.4 is 5.32 Å². The first kappa shape index (κ1) is 17.2. The van der Waals surface area contributed by atoms with Gasteiger partial charge in [-0.25, -0.2) is 0 Å². The SMILES string of the molecule is O=[N+]([O-])c1ccc([C@H]2c3cccn3CCN2C(=S)Nc2ccccc2)cc1. The second kappa shape index (κ2) is 7.20. The molecule has 1 N–H and O–H groups in total. The quantitative estimate of drug-likeness (QED) is 0.420. The highest BCUT2D eigenvalue weighted by Crippen LogP contribution is 2.33. The summed E-state index contributed by atoms with van der Waals surface area (Å²) in [4.78, 5) is 12.7. The Labute approximate surface area is 162 Å². The third-order valence-electron chi connectivity index (χ3n) is 4.74. The number of aromatic nitrogens is 1. The Hall–Kier alpha value is -3.19. The maximum atomic E-state index is 11.0. The molecule has 3 aromatic rings. The van der Waals surface area contributed by atoms with E-state index in [2.05, 4.69) is 27.0 Å². The number of non-ortho nitro benzene ring substituents is 1.